The van der Waals surface area contributed by atoms with Crippen LogP contribution in [0.25, 0.3) is 6.08 Å². The summed E-state index contributed by atoms with van der Waals surface area (Å²) in [6, 6.07) is 10.3. The molecule has 0 aliphatic carbocycles. The van der Waals surface area contributed by atoms with Gasteiger partial charge in [0.25, 0.3) is 0 Å². The molecule has 2 atom stereocenters. The predicted octanol–water partition coefficient (Wildman–Crippen LogP) is 4.35. The van der Waals surface area contributed by atoms with Crippen LogP contribution in [-0.4, -0.2) is 19.3 Å². The van der Waals surface area contributed by atoms with Gasteiger partial charge in [-0.15, -0.1) is 0 Å². The zero-order chi connectivity index (χ0) is 13.8. The number of rotatable bonds is 5. The summed E-state index contributed by atoms with van der Waals surface area (Å²) in [5, 5.41) is 11.8. The van der Waals surface area contributed by atoms with Crippen molar-refractivity contribution in [3.8, 4) is 0 Å². The lowest BCUT2D eigenvalue weighted by atomic mass is 10.0. The van der Waals surface area contributed by atoms with Crippen molar-refractivity contribution < 1.29 is 5.11 Å². The molecule has 0 aromatic heterocycles. The predicted molar refractivity (Wildman–Crippen MR) is 83.2 cm³/mol. The third-order valence-corrected chi connectivity index (χ3v) is 5.66. The van der Waals surface area contributed by atoms with E-state index in [1.165, 1.54) is 10.8 Å². The second kappa shape index (κ2) is 6.35. The Hall–Kier alpha value is -0.863. The van der Waals surface area contributed by atoms with E-state index < -0.39 is 8.07 Å². The van der Waals surface area contributed by atoms with Gasteiger partial charge in [0.15, 0.2) is 0 Å². The molecule has 1 N–H and O–H groups in total. The van der Waals surface area contributed by atoms with Crippen molar-refractivity contribution in [1.82, 2.24) is 0 Å². The van der Waals surface area contributed by atoms with Crippen LogP contribution in [0.15, 0.2) is 35.5 Å². The lowest BCUT2D eigenvalue weighted by Crippen LogP contribution is -2.35. The molecule has 1 rings (SSSR count). The van der Waals surface area contributed by atoms with Gasteiger partial charge in [0.05, 0.1) is 14.2 Å². The van der Waals surface area contributed by atoms with Crippen LogP contribution in [0, 0.1) is 5.92 Å². The molecule has 0 fully saturated rings. The van der Waals surface area contributed by atoms with Gasteiger partial charge >= 0.3 is 0 Å². The highest BCUT2D eigenvalue weighted by molar-refractivity contribution is 6.83. The van der Waals surface area contributed by atoms with Crippen LogP contribution in [0.4, 0.5) is 0 Å². The van der Waals surface area contributed by atoms with Crippen LogP contribution >= 0.6 is 0 Å². The van der Waals surface area contributed by atoms with Crippen molar-refractivity contribution in [3.63, 3.8) is 0 Å². The van der Waals surface area contributed by atoms with Gasteiger partial charge in [-0.3, -0.25) is 0 Å². The Morgan fingerprint density at radius 2 is 1.78 bits per heavy atom. The van der Waals surface area contributed by atoms with Crippen LogP contribution in [0.2, 0.25) is 19.6 Å². The van der Waals surface area contributed by atoms with E-state index in [2.05, 4.69) is 51.7 Å². The normalized spacial score (nSPS) is 16.4. The second-order valence-electron chi connectivity index (χ2n) is 6.09. The molecule has 1 nitrogen and oxygen atoms in total. The van der Waals surface area contributed by atoms with Crippen LogP contribution in [-0.2, 0) is 0 Å². The van der Waals surface area contributed by atoms with Crippen molar-refractivity contribution in [2.45, 2.75) is 46.0 Å². The summed E-state index contributed by atoms with van der Waals surface area (Å²) in [4.78, 5) is 0. The van der Waals surface area contributed by atoms with Gasteiger partial charge in [-0.05, 0) is 11.5 Å². The molecule has 0 radical (unpaired) electrons. The van der Waals surface area contributed by atoms with E-state index >= 15 is 0 Å². The Bertz CT molecular complexity index is 389. The Balaban J connectivity index is 3.11. The average molecular weight is 262 g/mol. The van der Waals surface area contributed by atoms with Gasteiger partial charge in [-0.1, -0.05) is 81.5 Å². The molecule has 2 unspecified atom stereocenters. The first-order chi connectivity index (χ1) is 8.36. The number of hydrogen-bond donors (Lipinski definition) is 1. The van der Waals surface area contributed by atoms with Crippen LogP contribution in [0.5, 0.6) is 0 Å². The maximum atomic E-state index is 10.5. The van der Waals surface area contributed by atoms with Gasteiger partial charge in [0.2, 0.25) is 0 Å². The van der Waals surface area contributed by atoms with Crippen molar-refractivity contribution in [1.29, 1.82) is 0 Å². The molecule has 0 aliphatic rings. The molecular formula is C16H26OSi. The van der Waals surface area contributed by atoms with Gasteiger partial charge in [-0.25, -0.2) is 0 Å². The highest BCUT2D eigenvalue weighted by atomic mass is 28.3. The first-order valence-electron chi connectivity index (χ1n) is 6.81. The Kier molecular flexibility index (Phi) is 5.36. The second-order valence-corrected chi connectivity index (χ2v) is 11.2. The number of aliphatic hydroxyl groups is 1. The van der Waals surface area contributed by atoms with Crippen molar-refractivity contribution in [2.75, 3.05) is 0 Å². The molecule has 100 valence electrons. The van der Waals surface area contributed by atoms with Crippen LogP contribution in [0.3, 0.4) is 0 Å². The minimum Gasteiger partial charge on any atom is -0.389 e. The third kappa shape index (κ3) is 4.11. The van der Waals surface area contributed by atoms with E-state index in [4.69, 9.17) is 0 Å². The fourth-order valence-corrected chi connectivity index (χ4v) is 3.78. The van der Waals surface area contributed by atoms with E-state index in [-0.39, 0.29) is 6.10 Å². The summed E-state index contributed by atoms with van der Waals surface area (Å²) in [7, 11) is -1.50. The molecule has 0 aliphatic heterocycles. The standard InChI is InChI=1S/C16H26OSi/c1-6-13(2)16(17)15(18(3,4)5)12-14-10-8-7-9-11-14/h7-13,16-17H,6H2,1-5H3/b15-12-. The molecule has 0 spiro atoms. The highest BCUT2D eigenvalue weighted by Gasteiger charge is 2.28. The van der Waals surface area contributed by atoms with Gasteiger partial charge in [-0.2, -0.15) is 0 Å². The molecule has 1 aromatic carbocycles. The minimum atomic E-state index is -1.50. The number of hydrogen-bond acceptors (Lipinski definition) is 1. The van der Waals surface area contributed by atoms with Crippen molar-refractivity contribution >= 4 is 14.1 Å². The van der Waals surface area contributed by atoms with Gasteiger partial charge in [0.1, 0.15) is 0 Å². The Morgan fingerprint density at radius 3 is 2.22 bits per heavy atom. The topological polar surface area (TPSA) is 20.2 Å². The molecule has 0 heterocycles. The first kappa shape index (κ1) is 15.2. The molecule has 1 aromatic rings. The summed E-state index contributed by atoms with van der Waals surface area (Å²) < 4.78 is 0. The molecule has 18 heavy (non-hydrogen) atoms. The zero-order valence-corrected chi connectivity index (χ0v) is 13.3. The minimum absolute atomic E-state index is 0.304. The summed E-state index contributed by atoms with van der Waals surface area (Å²) in [6.45, 7) is 11.2. The molecule has 0 saturated heterocycles. The monoisotopic (exact) mass is 262 g/mol. The fourth-order valence-electron chi connectivity index (χ4n) is 2.00. The lowest BCUT2D eigenvalue weighted by molar-refractivity contribution is 0.155. The Labute approximate surface area is 113 Å². The SMILES string of the molecule is CCC(C)C(O)/C(=C/c1ccccc1)[Si](C)(C)C. The largest absolute Gasteiger partial charge is 0.389 e. The highest BCUT2D eigenvalue weighted by Crippen LogP contribution is 2.26. The number of benzene rings is 1. The maximum Gasteiger partial charge on any atom is 0.0758 e. The maximum absolute atomic E-state index is 10.5. The third-order valence-electron chi connectivity index (χ3n) is 3.49. The van der Waals surface area contributed by atoms with E-state index in [1.54, 1.807) is 0 Å². The first-order valence-corrected chi connectivity index (χ1v) is 10.3. The smallest absolute Gasteiger partial charge is 0.0758 e. The van der Waals surface area contributed by atoms with E-state index in [9.17, 15) is 5.11 Å². The zero-order valence-electron chi connectivity index (χ0n) is 12.3. The summed E-state index contributed by atoms with van der Waals surface area (Å²) in [5.74, 6) is 0.326. The van der Waals surface area contributed by atoms with Crippen molar-refractivity contribution in [3.05, 3.63) is 41.1 Å². The summed E-state index contributed by atoms with van der Waals surface area (Å²) in [6.07, 6.45) is 2.91. The fraction of sp³-hybridized carbons (Fsp3) is 0.500. The van der Waals surface area contributed by atoms with Gasteiger partial charge < -0.3 is 5.11 Å². The molecule has 0 amide bonds. The molecule has 2 heteroatoms. The quantitative estimate of drug-likeness (QED) is 0.782. The lowest BCUT2D eigenvalue weighted by Gasteiger charge is -2.29. The van der Waals surface area contributed by atoms with Crippen molar-refractivity contribution in [2.24, 2.45) is 5.92 Å². The van der Waals surface area contributed by atoms with E-state index in [0.717, 1.165) is 6.42 Å². The van der Waals surface area contributed by atoms with Crippen LogP contribution < -0.4 is 0 Å². The average Bonchev–Trinajstić information content (AvgIpc) is 2.34. The molecular weight excluding hydrogens is 236 g/mol. The number of aliphatic hydroxyl groups excluding tert-OH is 1. The Morgan fingerprint density at radius 1 is 1.22 bits per heavy atom. The van der Waals surface area contributed by atoms with Crippen LogP contribution in [0.1, 0.15) is 25.8 Å². The summed E-state index contributed by atoms with van der Waals surface area (Å²) in [5.41, 5.74) is 1.19. The van der Waals surface area contributed by atoms with E-state index in [0.29, 0.717) is 5.92 Å². The van der Waals surface area contributed by atoms with Gasteiger partial charge in [0, 0.05) is 0 Å². The molecule has 0 saturated carbocycles. The molecule has 0 bridgehead atoms. The summed E-state index contributed by atoms with van der Waals surface area (Å²) >= 11 is 0. The van der Waals surface area contributed by atoms with E-state index in [1.807, 2.05) is 18.2 Å².